The Hall–Kier alpha value is -0.770. The number of hydrogen-bond acceptors (Lipinski definition) is 7. The third-order valence-electron chi connectivity index (χ3n) is 3.67. The van der Waals surface area contributed by atoms with Crippen LogP contribution in [0.1, 0.15) is 28.1 Å². The van der Waals surface area contributed by atoms with Crippen LogP contribution in [0.5, 0.6) is 0 Å². The molecule has 1 aliphatic heterocycles. The summed E-state index contributed by atoms with van der Waals surface area (Å²) in [6.07, 6.45) is 0.503. The average Bonchev–Trinajstić information content (AvgIpc) is 2.98. The molecule has 1 aromatic carbocycles. The third-order valence-corrected chi connectivity index (χ3v) is 6.00. The van der Waals surface area contributed by atoms with E-state index >= 15 is 0 Å². The summed E-state index contributed by atoms with van der Waals surface area (Å²) in [6, 6.07) is 7.61. The van der Waals surface area contributed by atoms with Gasteiger partial charge in [0.2, 0.25) is 14.7 Å². The average molecular weight is 364 g/mol. The van der Waals surface area contributed by atoms with Crippen molar-refractivity contribution in [2.45, 2.75) is 42.0 Å². The van der Waals surface area contributed by atoms with Crippen LogP contribution >= 0.6 is 0 Å². The van der Waals surface area contributed by atoms with Crippen molar-refractivity contribution in [3.63, 3.8) is 0 Å². The molecule has 0 amide bonds. The molecule has 1 atom stereocenters. The fourth-order valence-electron chi connectivity index (χ4n) is 2.33. The first kappa shape index (κ1) is 21.3. The first-order valence-electron chi connectivity index (χ1n) is 7.21. The van der Waals surface area contributed by atoms with Crippen LogP contribution in [0.25, 0.3) is 0 Å². The zero-order chi connectivity index (χ0) is 17.3. The van der Waals surface area contributed by atoms with Gasteiger partial charge in [0.05, 0.1) is 4.90 Å². The number of rotatable bonds is 4. The SMILES string of the molecule is CC(C)(N)C(=O)OC(=O)[C@]1(S(=O)(=O)c2ccccc2)CCCN1.[H-].[Na+]. The molecule has 24 heavy (non-hydrogen) atoms. The molecule has 1 heterocycles. The summed E-state index contributed by atoms with van der Waals surface area (Å²) in [5, 5.41) is 2.71. The molecule has 0 spiro atoms. The maximum atomic E-state index is 12.9. The number of nitrogens with one attached hydrogen (secondary N) is 1. The van der Waals surface area contributed by atoms with Gasteiger partial charge in [0.1, 0.15) is 5.54 Å². The first-order valence-corrected chi connectivity index (χ1v) is 8.70. The van der Waals surface area contributed by atoms with Gasteiger partial charge in [-0.3, -0.25) is 5.32 Å². The monoisotopic (exact) mass is 364 g/mol. The van der Waals surface area contributed by atoms with Gasteiger partial charge in [0.15, 0.2) is 0 Å². The molecule has 3 N–H and O–H groups in total. The van der Waals surface area contributed by atoms with Crippen LogP contribution in [0.3, 0.4) is 0 Å². The van der Waals surface area contributed by atoms with Crippen molar-refractivity contribution in [2.75, 3.05) is 6.54 Å². The van der Waals surface area contributed by atoms with E-state index in [0.717, 1.165) is 0 Å². The molecule has 0 aromatic heterocycles. The van der Waals surface area contributed by atoms with E-state index in [1.807, 2.05) is 0 Å². The van der Waals surface area contributed by atoms with E-state index in [2.05, 4.69) is 5.32 Å². The molecule has 0 aliphatic carbocycles. The number of ether oxygens (including phenoxy) is 1. The molecule has 9 heteroatoms. The molecule has 1 aromatic rings. The van der Waals surface area contributed by atoms with Crippen LogP contribution in [0, 0.1) is 0 Å². The minimum atomic E-state index is -4.07. The number of nitrogens with two attached hydrogens (primary N) is 1. The molecular weight excluding hydrogens is 343 g/mol. The zero-order valence-electron chi connectivity index (χ0n) is 15.0. The molecule has 1 aliphatic rings. The summed E-state index contributed by atoms with van der Waals surface area (Å²) in [7, 11) is -4.07. The number of carbonyl (C=O) groups is 2. The topological polar surface area (TPSA) is 116 Å². The molecule has 2 rings (SSSR count). The van der Waals surface area contributed by atoms with Gasteiger partial charge in [-0.2, -0.15) is 0 Å². The maximum Gasteiger partial charge on any atom is 1.00 e. The van der Waals surface area contributed by atoms with Crippen LogP contribution in [0.2, 0.25) is 0 Å². The van der Waals surface area contributed by atoms with Gasteiger partial charge in [-0.15, -0.1) is 0 Å². The zero-order valence-corrected chi connectivity index (χ0v) is 16.9. The second-order valence-electron chi connectivity index (χ2n) is 6.07. The molecule has 0 saturated carbocycles. The Kier molecular flexibility index (Phi) is 6.77. The molecular formula is C15H21N2NaO5S. The summed E-state index contributed by atoms with van der Waals surface area (Å²) in [5.74, 6) is -2.11. The van der Waals surface area contributed by atoms with Crippen molar-refractivity contribution in [1.82, 2.24) is 5.32 Å². The fourth-order valence-corrected chi connectivity index (χ4v) is 4.21. The van der Waals surface area contributed by atoms with Crippen molar-refractivity contribution in [3.8, 4) is 0 Å². The Bertz CT molecular complexity index is 713. The normalized spacial score (nSPS) is 21.0. The number of hydrogen-bond donors (Lipinski definition) is 2. The van der Waals surface area contributed by atoms with Gasteiger partial charge >= 0.3 is 41.5 Å². The fraction of sp³-hybridized carbons (Fsp3) is 0.467. The van der Waals surface area contributed by atoms with E-state index in [9.17, 15) is 18.0 Å². The molecule has 1 saturated heterocycles. The van der Waals surface area contributed by atoms with Gasteiger partial charge in [-0.25, -0.2) is 18.0 Å². The largest absolute Gasteiger partial charge is 1.00 e. The number of carbonyl (C=O) groups excluding carboxylic acids is 2. The minimum absolute atomic E-state index is 0. The van der Waals surface area contributed by atoms with Crippen molar-refractivity contribution in [2.24, 2.45) is 5.73 Å². The Labute approximate surface area is 165 Å². The maximum absolute atomic E-state index is 12.9. The first-order chi connectivity index (χ1) is 10.6. The Morgan fingerprint density at radius 3 is 2.33 bits per heavy atom. The molecule has 1 fully saturated rings. The van der Waals surface area contributed by atoms with Crippen molar-refractivity contribution < 1.29 is 53.7 Å². The predicted molar refractivity (Wildman–Crippen MR) is 84.1 cm³/mol. The molecule has 128 valence electrons. The van der Waals surface area contributed by atoms with E-state index in [4.69, 9.17) is 10.5 Å². The summed E-state index contributed by atoms with van der Waals surface area (Å²) in [6.45, 7) is 3.09. The summed E-state index contributed by atoms with van der Waals surface area (Å²) >= 11 is 0. The third kappa shape index (κ3) is 3.89. The summed E-state index contributed by atoms with van der Waals surface area (Å²) in [4.78, 5) is 22.4. The van der Waals surface area contributed by atoms with Crippen LogP contribution in [0.15, 0.2) is 35.2 Å². The van der Waals surface area contributed by atoms with Crippen molar-refractivity contribution >= 4 is 21.8 Å². The van der Waals surface area contributed by atoms with Gasteiger partial charge in [-0.05, 0) is 45.4 Å². The van der Waals surface area contributed by atoms with E-state index in [0.29, 0.717) is 13.0 Å². The number of esters is 2. The van der Waals surface area contributed by atoms with E-state index < -0.39 is 32.2 Å². The smallest absolute Gasteiger partial charge is 1.00 e. The molecule has 7 nitrogen and oxygen atoms in total. The van der Waals surface area contributed by atoms with Gasteiger partial charge in [0.25, 0.3) is 0 Å². The number of sulfone groups is 1. The quantitative estimate of drug-likeness (QED) is 0.344. The standard InChI is InChI=1S/C15H20N2O5S.Na.H/c1-14(2,16)12(18)22-13(19)15(9-6-10-17-15)23(20,21)11-7-4-3-5-8-11;;/h3-5,7-8,17H,6,9-10,16H2,1-2H3;;/q;+1;-1/t15-;;/m1../s1. The second-order valence-corrected chi connectivity index (χ2v) is 8.25. The van der Waals surface area contributed by atoms with E-state index in [1.165, 1.54) is 26.0 Å². The van der Waals surface area contributed by atoms with Gasteiger partial charge in [0, 0.05) is 0 Å². The predicted octanol–water partition coefficient (Wildman–Crippen LogP) is -2.54. The Morgan fingerprint density at radius 1 is 1.29 bits per heavy atom. The van der Waals surface area contributed by atoms with Crippen LogP contribution < -0.4 is 40.6 Å². The Balaban J connectivity index is 0.00000288. The molecule has 0 radical (unpaired) electrons. The molecule has 0 unspecified atom stereocenters. The van der Waals surface area contributed by atoms with Crippen LogP contribution in [-0.4, -0.2) is 37.3 Å². The number of benzene rings is 1. The van der Waals surface area contributed by atoms with Gasteiger partial charge in [-0.1, -0.05) is 18.2 Å². The minimum Gasteiger partial charge on any atom is -1.00 e. The van der Waals surface area contributed by atoms with E-state index in [-0.39, 0.29) is 42.3 Å². The Morgan fingerprint density at radius 2 is 1.88 bits per heavy atom. The summed E-state index contributed by atoms with van der Waals surface area (Å²) < 4.78 is 30.6. The van der Waals surface area contributed by atoms with Crippen molar-refractivity contribution in [1.29, 1.82) is 0 Å². The van der Waals surface area contributed by atoms with E-state index in [1.54, 1.807) is 18.2 Å². The molecule has 0 bridgehead atoms. The van der Waals surface area contributed by atoms with Gasteiger partial charge < -0.3 is 11.9 Å². The summed E-state index contributed by atoms with van der Waals surface area (Å²) in [5.41, 5.74) is 4.20. The second kappa shape index (κ2) is 7.63. The van der Waals surface area contributed by atoms with Crippen molar-refractivity contribution in [3.05, 3.63) is 30.3 Å². The van der Waals surface area contributed by atoms with Crippen LogP contribution in [0.4, 0.5) is 0 Å². The van der Waals surface area contributed by atoms with Crippen LogP contribution in [-0.2, 0) is 24.2 Å².